The van der Waals surface area contributed by atoms with Crippen LogP contribution < -0.4 is 9.47 Å². The minimum atomic E-state index is 0.667. The van der Waals surface area contributed by atoms with Crippen molar-refractivity contribution in [2.75, 3.05) is 14.2 Å². The second-order valence-corrected chi connectivity index (χ2v) is 3.99. The first-order valence-electron chi connectivity index (χ1n) is 4.29. The number of nitrogens with zero attached hydrogens (tertiary/aromatic N) is 2. The van der Waals surface area contributed by atoms with Gasteiger partial charge in [0, 0.05) is 12.1 Å². The predicted octanol–water partition coefficient (Wildman–Crippen LogP) is 2.25. The summed E-state index contributed by atoms with van der Waals surface area (Å²) < 4.78 is 11.2. The molecular formula is C10H9IN2O2. The van der Waals surface area contributed by atoms with Crippen LogP contribution in [0.3, 0.4) is 0 Å². The van der Waals surface area contributed by atoms with E-state index in [1.807, 2.05) is 12.1 Å². The Morgan fingerprint density at radius 1 is 1.07 bits per heavy atom. The highest BCUT2D eigenvalue weighted by Crippen LogP contribution is 2.30. The van der Waals surface area contributed by atoms with E-state index in [-0.39, 0.29) is 0 Å². The first kappa shape index (κ1) is 10.4. The molecule has 0 fully saturated rings. The van der Waals surface area contributed by atoms with E-state index in [2.05, 4.69) is 32.6 Å². The molecule has 0 aliphatic carbocycles. The van der Waals surface area contributed by atoms with Crippen LogP contribution in [-0.2, 0) is 0 Å². The van der Waals surface area contributed by atoms with Crippen molar-refractivity contribution in [1.82, 2.24) is 9.97 Å². The summed E-state index contributed by atoms with van der Waals surface area (Å²) in [5.74, 6) is 1.34. The molecule has 0 aliphatic rings. The molecule has 0 bridgehead atoms. The Morgan fingerprint density at radius 3 is 2.27 bits per heavy atom. The van der Waals surface area contributed by atoms with Gasteiger partial charge in [-0.05, 0) is 22.6 Å². The number of ether oxygens (including phenoxy) is 2. The van der Waals surface area contributed by atoms with Crippen molar-refractivity contribution >= 4 is 33.6 Å². The molecule has 0 N–H and O–H groups in total. The van der Waals surface area contributed by atoms with Gasteiger partial charge < -0.3 is 9.47 Å². The standard InChI is InChI=1S/C10H9IN2O2/c1-14-8-3-6-7(4-9(8)15-2)13-10(11)5-12-6/h3-5H,1-2H3. The summed E-state index contributed by atoms with van der Waals surface area (Å²) in [6.07, 6.45) is 1.72. The second-order valence-electron chi connectivity index (χ2n) is 2.89. The van der Waals surface area contributed by atoms with Gasteiger partial charge in [-0.1, -0.05) is 0 Å². The van der Waals surface area contributed by atoms with E-state index in [9.17, 15) is 0 Å². The van der Waals surface area contributed by atoms with Crippen molar-refractivity contribution < 1.29 is 9.47 Å². The lowest BCUT2D eigenvalue weighted by molar-refractivity contribution is 0.355. The Balaban J connectivity index is 2.69. The zero-order chi connectivity index (χ0) is 10.8. The Morgan fingerprint density at radius 2 is 1.67 bits per heavy atom. The van der Waals surface area contributed by atoms with Crippen molar-refractivity contribution in [3.05, 3.63) is 22.0 Å². The van der Waals surface area contributed by atoms with E-state index < -0.39 is 0 Å². The number of methoxy groups -OCH3 is 2. The summed E-state index contributed by atoms with van der Waals surface area (Å²) in [6, 6.07) is 3.64. The van der Waals surface area contributed by atoms with Crippen molar-refractivity contribution in [3.8, 4) is 11.5 Å². The predicted molar refractivity (Wildman–Crippen MR) is 65.4 cm³/mol. The lowest BCUT2D eigenvalue weighted by Crippen LogP contribution is -1.93. The fourth-order valence-electron chi connectivity index (χ4n) is 1.32. The van der Waals surface area contributed by atoms with E-state index in [1.165, 1.54) is 0 Å². The van der Waals surface area contributed by atoms with Crippen molar-refractivity contribution in [1.29, 1.82) is 0 Å². The summed E-state index contributed by atoms with van der Waals surface area (Å²) in [5, 5.41) is 0. The highest BCUT2D eigenvalue weighted by molar-refractivity contribution is 14.1. The minimum Gasteiger partial charge on any atom is -0.493 e. The maximum Gasteiger partial charge on any atom is 0.163 e. The lowest BCUT2D eigenvalue weighted by atomic mass is 10.2. The van der Waals surface area contributed by atoms with Gasteiger partial charge >= 0.3 is 0 Å². The van der Waals surface area contributed by atoms with Gasteiger partial charge in [0.2, 0.25) is 0 Å². The summed E-state index contributed by atoms with van der Waals surface area (Å²) in [5.41, 5.74) is 1.60. The highest BCUT2D eigenvalue weighted by Gasteiger charge is 2.07. The van der Waals surface area contributed by atoms with E-state index in [0.717, 1.165) is 14.7 Å². The van der Waals surface area contributed by atoms with Crippen LogP contribution in [0.15, 0.2) is 18.3 Å². The van der Waals surface area contributed by atoms with E-state index in [1.54, 1.807) is 20.4 Å². The molecule has 2 aromatic rings. The second kappa shape index (κ2) is 4.18. The van der Waals surface area contributed by atoms with Crippen molar-refractivity contribution in [2.45, 2.75) is 0 Å². The molecule has 2 rings (SSSR count). The first-order chi connectivity index (χ1) is 7.24. The number of hydrogen-bond donors (Lipinski definition) is 0. The summed E-state index contributed by atoms with van der Waals surface area (Å²) in [7, 11) is 3.20. The lowest BCUT2D eigenvalue weighted by Gasteiger charge is -2.07. The molecule has 0 saturated heterocycles. The van der Waals surface area contributed by atoms with E-state index >= 15 is 0 Å². The molecule has 1 aromatic heterocycles. The van der Waals surface area contributed by atoms with Crippen LogP contribution in [0.4, 0.5) is 0 Å². The van der Waals surface area contributed by atoms with Crippen LogP contribution in [0.5, 0.6) is 11.5 Å². The minimum absolute atomic E-state index is 0.667. The molecule has 78 valence electrons. The number of halogens is 1. The molecule has 0 unspecified atom stereocenters. The van der Waals surface area contributed by atoms with Crippen molar-refractivity contribution in [3.63, 3.8) is 0 Å². The smallest absolute Gasteiger partial charge is 0.163 e. The Bertz CT molecular complexity index is 502. The van der Waals surface area contributed by atoms with Gasteiger partial charge in [0.05, 0.1) is 31.4 Å². The van der Waals surface area contributed by atoms with Crippen LogP contribution in [0, 0.1) is 3.70 Å². The SMILES string of the molecule is COc1cc2ncc(I)nc2cc1OC. The van der Waals surface area contributed by atoms with Gasteiger partial charge in [-0.15, -0.1) is 0 Å². The molecule has 0 radical (unpaired) electrons. The molecule has 15 heavy (non-hydrogen) atoms. The number of fused-ring (bicyclic) bond motifs is 1. The van der Waals surface area contributed by atoms with Gasteiger partial charge in [0.1, 0.15) is 3.70 Å². The number of hydrogen-bond acceptors (Lipinski definition) is 4. The number of rotatable bonds is 2. The summed E-state index contributed by atoms with van der Waals surface area (Å²) in [6.45, 7) is 0. The van der Waals surface area contributed by atoms with Gasteiger partial charge in [-0.2, -0.15) is 0 Å². The molecule has 4 nitrogen and oxygen atoms in total. The van der Waals surface area contributed by atoms with Crippen LogP contribution in [0.2, 0.25) is 0 Å². The number of benzene rings is 1. The maximum atomic E-state index is 5.19. The van der Waals surface area contributed by atoms with Crippen LogP contribution in [0.25, 0.3) is 11.0 Å². The number of aromatic nitrogens is 2. The Hall–Kier alpha value is -1.11. The summed E-state index contributed by atoms with van der Waals surface area (Å²) in [4.78, 5) is 8.61. The fraction of sp³-hybridized carbons (Fsp3) is 0.200. The Kier molecular flexibility index (Phi) is 2.90. The zero-order valence-electron chi connectivity index (χ0n) is 8.32. The van der Waals surface area contributed by atoms with Crippen molar-refractivity contribution in [2.24, 2.45) is 0 Å². The molecule has 1 aromatic carbocycles. The molecule has 0 atom stereocenters. The van der Waals surface area contributed by atoms with Crippen LogP contribution in [-0.4, -0.2) is 24.2 Å². The molecule has 1 heterocycles. The molecule has 0 amide bonds. The van der Waals surface area contributed by atoms with Gasteiger partial charge in [-0.3, -0.25) is 4.98 Å². The topological polar surface area (TPSA) is 44.2 Å². The molecule has 0 spiro atoms. The third-order valence-electron chi connectivity index (χ3n) is 2.02. The van der Waals surface area contributed by atoms with E-state index in [0.29, 0.717) is 11.5 Å². The molecule has 5 heteroatoms. The third-order valence-corrected chi connectivity index (χ3v) is 2.54. The summed E-state index contributed by atoms with van der Waals surface area (Å²) >= 11 is 2.12. The third kappa shape index (κ3) is 1.97. The average Bonchev–Trinajstić information content (AvgIpc) is 2.27. The van der Waals surface area contributed by atoms with Crippen LogP contribution in [0.1, 0.15) is 0 Å². The fourth-order valence-corrected chi connectivity index (χ4v) is 1.72. The largest absolute Gasteiger partial charge is 0.493 e. The van der Waals surface area contributed by atoms with Gasteiger partial charge in [-0.25, -0.2) is 4.98 Å². The Labute approximate surface area is 101 Å². The maximum absolute atomic E-state index is 5.19. The molecular weight excluding hydrogens is 307 g/mol. The highest BCUT2D eigenvalue weighted by atomic mass is 127. The van der Waals surface area contributed by atoms with Gasteiger partial charge in [0.15, 0.2) is 11.5 Å². The quantitative estimate of drug-likeness (QED) is 0.797. The normalized spacial score (nSPS) is 10.3. The molecule has 0 saturated carbocycles. The van der Waals surface area contributed by atoms with Crippen LogP contribution >= 0.6 is 22.6 Å². The monoisotopic (exact) mass is 316 g/mol. The van der Waals surface area contributed by atoms with Gasteiger partial charge in [0.25, 0.3) is 0 Å². The first-order valence-corrected chi connectivity index (χ1v) is 5.36. The van der Waals surface area contributed by atoms with E-state index in [4.69, 9.17) is 9.47 Å². The zero-order valence-corrected chi connectivity index (χ0v) is 10.5. The average molecular weight is 316 g/mol. The molecule has 0 aliphatic heterocycles.